The molecule has 0 fully saturated rings. The number of halogens is 3. The van der Waals surface area contributed by atoms with Gasteiger partial charge in [0.05, 0.1) is 11.7 Å². The summed E-state index contributed by atoms with van der Waals surface area (Å²) in [6.45, 7) is 4.45. The molecule has 4 nitrogen and oxygen atoms in total. The average Bonchev–Trinajstić information content (AvgIpc) is 2.90. The minimum absolute atomic E-state index is 0.136. The minimum Gasteiger partial charge on any atom is -0.469 e. The lowest BCUT2D eigenvalue weighted by atomic mass is 9.84. The molecule has 1 aliphatic heterocycles. The minimum atomic E-state index is -4.49. The Morgan fingerprint density at radius 3 is 2.64 bits per heavy atom. The van der Waals surface area contributed by atoms with E-state index in [1.54, 1.807) is 25.0 Å². The summed E-state index contributed by atoms with van der Waals surface area (Å²) >= 11 is 0. The van der Waals surface area contributed by atoms with Crippen LogP contribution in [0.5, 0.6) is 0 Å². The first-order valence-electron chi connectivity index (χ1n) is 8.08. The smallest absolute Gasteiger partial charge is 0.433 e. The maximum atomic E-state index is 13.0. The van der Waals surface area contributed by atoms with Crippen LogP contribution in [0.15, 0.2) is 35.1 Å². The SMILES string of the molecule is CC(C)(C(=O)N1CCCc2occc2C1)c1ccc(C(F)(F)F)nc1. The molecular formula is C18H19F3N2O2. The fraction of sp³-hybridized carbons (Fsp3) is 0.444. The third-order valence-electron chi connectivity index (χ3n) is 4.63. The summed E-state index contributed by atoms with van der Waals surface area (Å²) in [4.78, 5) is 18.2. The summed E-state index contributed by atoms with van der Waals surface area (Å²) in [5.74, 6) is 0.757. The fourth-order valence-corrected chi connectivity index (χ4v) is 3.07. The summed E-state index contributed by atoms with van der Waals surface area (Å²) in [6.07, 6.45) is -0.178. The number of aromatic nitrogens is 1. The Morgan fingerprint density at radius 2 is 2.00 bits per heavy atom. The number of pyridine rings is 1. The van der Waals surface area contributed by atoms with Crippen molar-refractivity contribution >= 4 is 5.91 Å². The molecule has 0 atom stereocenters. The number of fused-ring (bicyclic) bond motifs is 1. The summed E-state index contributed by atoms with van der Waals surface area (Å²) in [5, 5.41) is 0. The highest BCUT2D eigenvalue weighted by molar-refractivity contribution is 5.87. The number of hydrogen-bond acceptors (Lipinski definition) is 3. The number of amides is 1. The number of furan rings is 1. The Kier molecular flexibility index (Phi) is 4.34. The van der Waals surface area contributed by atoms with Gasteiger partial charge in [0.1, 0.15) is 11.5 Å². The number of nitrogens with zero attached hydrogens (tertiary/aromatic N) is 2. The van der Waals surface area contributed by atoms with Crippen LogP contribution in [0.4, 0.5) is 13.2 Å². The topological polar surface area (TPSA) is 46.3 Å². The number of carbonyl (C=O) groups excluding carboxylic acids is 1. The van der Waals surface area contributed by atoms with E-state index in [1.807, 2.05) is 6.07 Å². The zero-order chi connectivity index (χ0) is 18.2. The van der Waals surface area contributed by atoms with E-state index in [0.29, 0.717) is 18.7 Å². The first-order valence-corrected chi connectivity index (χ1v) is 8.08. The number of carbonyl (C=O) groups is 1. The zero-order valence-corrected chi connectivity index (χ0v) is 14.1. The van der Waals surface area contributed by atoms with Gasteiger partial charge in [0.25, 0.3) is 0 Å². The van der Waals surface area contributed by atoms with Gasteiger partial charge in [-0.1, -0.05) is 6.07 Å². The standard InChI is InChI=1S/C18H19F3N2O2/c1-17(2,13-5-6-15(22-10-13)18(19,20)21)16(24)23-8-3-4-14-12(11-23)7-9-25-14/h5-7,9-10H,3-4,8,11H2,1-2H3. The highest BCUT2D eigenvalue weighted by Crippen LogP contribution is 2.31. The van der Waals surface area contributed by atoms with Crippen molar-refractivity contribution in [3.8, 4) is 0 Å². The Balaban J connectivity index is 1.83. The van der Waals surface area contributed by atoms with Crippen LogP contribution in [0.25, 0.3) is 0 Å². The normalized spacial score (nSPS) is 15.6. The first kappa shape index (κ1) is 17.5. The van der Waals surface area contributed by atoms with Gasteiger partial charge in [0, 0.05) is 31.3 Å². The molecule has 1 aliphatic rings. The van der Waals surface area contributed by atoms with Crippen LogP contribution in [-0.4, -0.2) is 22.3 Å². The summed E-state index contributed by atoms with van der Waals surface area (Å²) in [6, 6.07) is 4.10. The molecule has 0 radical (unpaired) electrons. The quantitative estimate of drug-likeness (QED) is 0.822. The van der Waals surface area contributed by atoms with Crippen molar-refractivity contribution in [2.24, 2.45) is 0 Å². The number of hydrogen-bond donors (Lipinski definition) is 0. The molecule has 0 spiro atoms. The van der Waals surface area contributed by atoms with E-state index < -0.39 is 17.3 Å². The highest BCUT2D eigenvalue weighted by Gasteiger charge is 2.37. The molecular weight excluding hydrogens is 333 g/mol. The second kappa shape index (κ2) is 6.20. The van der Waals surface area contributed by atoms with Crippen LogP contribution in [0.3, 0.4) is 0 Å². The van der Waals surface area contributed by atoms with Gasteiger partial charge in [-0.3, -0.25) is 9.78 Å². The van der Waals surface area contributed by atoms with Crippen molar-refractivity contribution < 1.29 is 22.4 Å². The second-order valence-corrected chi connectivity index (χ2v) is 6.75. The van der Waals surface area contributed by atoms with E-state index >= 15 is 0 Å². The first-order chi connectivity index (χ1) is 11.7. The van der Waals surface area contributed by atoms with Crippen LogP contribution >= 0.6 is 0 Å². The van der Waals surface area contributed by atoms with Crippen LogP contribution in [0, 0.1) is 0 Å². The predicted octanol–water partition coefficient (Wildman–Crippen LogP) is 3.95. The van der Waals surface area contributed by atoms with Crippen molar-refractivity contribution in [3.63, 3.8) is 0 Å². The number of aryl methyl sites for hydroxylation is 1. The molecule has 3 heterocycles. The Hall–Kier alpha value is -2.31. The van der Waals surface area contributed by atoms with Crippen molar-refractivity contribution in [3.05, 3.63) is 53.2 Å². The largest absolute Gasteiger partial charge is 0.469 e. The van der Waals surface area contributed by atoms with Crippen LogP contribution in [-0.2, 0) is 29.4 Å². The third-order valence-corrected chi connectivity index (χ3v) is 4.63. The van der Waals surface area contributed by atoms with E-state index in [-0.39, 0.29) is 5.91 Å². The van der Waals surface area contributed by atoms with Crippen LogP contribution in [0.1, 0.15) is 42.8 Å². The molecule has 0 bridgehead atoms. The zero-order valence-electron chi connectivity index (χ0n) is 14.1. The molecule has 2 aromatic heterocycles. The lowest BCUT2D eigenvalue weighted by molar-refractivity contribution is -0.141. The van der Waals surface area contributed by atoms with Crippen LogP contribution in [0.2, 0.25) is 0 Å². The van der Waals surface area contributed by atoms with Gasteiger partial charge in [-0.05, 0) is 38.0 Å². The van der Waals surface area contributed by atoms with Gasteiger partial charge in [-0.2, -0.15) is 13.2 Å². The molecule has 0 unspecified atom stereocenters. The van der Waals surface area contributed by atoms with Gasteiger partial charge in [0.15, 0.2) is 0 Å². The molecule has 0 aliphatic carbocycles. The van der Waals surface area contributed by atoms with Gasteiger partial charge < -0.3 is 9.32 Å². The molecule has 0 saturated carbocycles. The summed E-state index contributed by atoms with van der Waals surface area (Å²) in [5.41, 5.74) is -0.489. The molecule has 1 amide bonds. The van der Waals surface area contributed by atoms with E-state index in [9.17, 15) is 18.0 Å². The van der Waals surface area contributed by atoms with Gasteiger partial charge in [-0.15, -0.1) is 0 Å². The molecule has 0 saturated heterocycles. The molecule has 134 valence electrons. The van der Waals surface area contributed by atoms with E-state index in [4.69, 9.17) is 4.42 Å². The Morgan fingerprint density at radius 1 is 1.24 bits per heavy atom. The van der Waals surface area contributed by atoms with E-state index in [1.165, 1.54) is 6.07 Å². The summed E-state index contributed by atoms with van der Waals surface area (Å²) in [7, 11) is 0. The molecule has 2 aromatic rings. The maximum absolute atomic E-state index is 13.0. The van der Waals surface area contributed by atoms with Crippen molar-refractivity contribution in [1.82, 2.24) is 9.88 Å². The number of alkyl halides is 3. The molecule has 3 rings (SSSR count). The molecule has 25 heavy (non-hydrogen) atoms. The lowest BCUT2D eigenvalue weighted by Gasteiger charge is -2.31. The molecule has 0 N–H and O–H groups in total. The van der Waals surface area contributed by atoms with E-state index in [2.05, 4.69) is 4.98 Å². The molecule has 7 heteroatoms. The maximum Gasteiger partial charge on any atom is 0.433 e. The van der Waals surface area contributed by atoms with Crippen molar-refractivity contribution in [2.75, 3.05) is 6.54 Å². The van der Waals surface area contributed by atoms with Gasteiger partial charge >= 0.3 is 6.18 Å². The second-order valence-electron chi connectivity index (χ2n) is 6.75. The Labute approximate surface area is 143 Å². The van der Waals surface area contributed by atoms with Gasteiger partial charge in [0.2, 0.25) is 5.91 Å². The highest BCUT2D eigenvalue weighted by atomic mass is 19.4. The lowest BCUT2D eigenvalue weighted by Crippen LogP contribution is -2.43. The Bertz CT molecular complexity index is 763. The monoisotopic (exact) mass is 352 g/mol. The summed E-state index contributed by atoms with van der Waals surface area (Å²) < 4.78 is 43.4. The third kappa shape index (κ3) is 3.41. The average molecular weight is 352 g/mol. The van der Waals surface area contributed by atoms with Crippen LogP contribution < -0.4 is 0 Å². The van der Waals surface area contributed by atoms with Crippen molar-refractivity contribution in [2.45, 2.75) is 44.8 Å². The van der Waals surface area contributed by atoms with Gasteiger partial charge in [-0.25, -0.2) is 0 Å². The predicted molar refractivity (Wildman–Crippen MR) is 84.7 cm³/mol. The van der Waals surface area contributed by atoms with E-state index in [0.717, 1.165) is 36.4 Å². The number of rotatable bonds is 2. The van der Waals surface area contributed by atoms with Crippen molar-refractivity contribution in [1.29, 1.82) is 0 Å². The molecule has 0 aromatic carbocycles. The fourth-order valence-electron chi connectivity index (χ4n) is 3.07.